The number of hydrogen-bond acceptors (Lipinski definition) is 4. The molecule has 0 unspecified atom stereocenters. The number of ether oxygens (including phenoxy) is 1. The summed E-state index contributed by atoms with van der Waals surface area (Å²) < 4.78 is 5.21. The number of carbonyl (C=O) groups is 3. The number of methoxy groups -OCH3 is 1. The van der Waals surface area contributed by atoms with E-state index in [1.807, 2.05) is 13.0 Å². The van der Waals surface area contributed by atoms with Crippen molar-refractivity contribution in [2.45, 2.75) is 26.7 Å². The number of hydrogen-bond donors (Lipinski definition) is 1. The van der Waals surface area contributed by atoms with Gasteiger partial charge < -0.3 is 10.1 Å². The van der Waals surface area contributed by atoms with E-state index in [1.54, 1.807) is 36.4 Å². The van der Waals surface area contributed by atoms with Crippen molar-refractivity contribution in [1.82, 2.24) is 0 Å². The van der Waals surface area contributed by atoms with Gasteiger partial charge in [-0.1, -0.05) is 23.8 Å². The summed E-state index contributed by atoms with van der Waals surface area (Å²) >= 11 is 0. The molecule has 0 spiro atoms. The second-order valence-electron chi connectivity index (χ2n) is 5.78. The van der Waals surface area contributed by atoms with E-state index in [0.717, 1.165) is 5.56 Å². The fraction of sp³-hybridized carbons (Fsp3) is 0.250. The quantitative estimate of drug-likeness (QED) is 0.779. The molecule has 1 N–H and O–H groups in total. The molecule has 0 radical (unpaired) electrons. The lowest BCUT2D eigenvalue weighted by Crippen LogP contribution is -2.15. The van der Waals surface area contributed by atoms with Crippen LogP contribution in [-0.4, -0.2) is 24.6 Å². The van der Waals surface area contributed by atoms with Gasteiger partial charge in [0, 0.05) is 18.4 Å². The fourth-order valence-corrected chi connectivity index (χ4v) is 2.51. The molecule has 0 atom stereocenters. The van der Waals surface area contributed by atoms with Crippen molar-refractivity contribution >= 4 is 23.2 Å². The lowest BCUT2D eigenvalue weighted by Gasteiger charge is -2.10. The molecule has 0 aliphatic carbocycles. The van der Waals surface area contributed by atoms with Gasteiger partial charge in [-0.15, -0.1) is 0 Å². The number of amides is 1. The topological polar surface area (TPSA) is 72.5 Å². The monoisotopic (exact) mass is 339 g/mol. The second-order valence-corrected chi connectivity index (χ2v) is 5.78. The van der Waals surface area contributed by atoms with Crippen molar-refractivity contribution in [3.63, 3.8) is 0 Å². The standard InChI is InChI=1S/C20H21NO4/c1-13-8-10-19(25-3)16(12-13)18(23)9-11-20(24)21-17-7-5-4-6-15(17)14(2)22/h4-8,10,12H,9,11H2,1-3H3,(H,21,24). The Morgan fingerprint density at radius 2 is 1.72 bits per heavy atom. The van der Waals surface area contributed by atoms with Gasteiger partial charge in [0.25, 0.3) is 0 Å². The van der Waals surface area contributed by atoms with E-state index in [1.165, 1.54) is 14.0 Å². The number of para-hydroxylation sites is 1. The molecule has 130 valence electrons. The summed E-state index contributed by atoms with van der Waals surface area (Å²) in [5, 5.41) is 2.70. The summed E-state index contributed by atoms with van der Waals surface area (Å²) in [5.74, 6) is -0.0985. The molecule has 25 heavy (non-hydrogen) atoms. The number of Topliss-reactive ketones (excluding diaryl/α,β-unsaturated/α-hetero) is 2. The SMILES string of the molecule is COc1ccc(C)cc1C(=O)CCC(=O)Nc1ccccc1C(C)=O. The number of anilines is 1. The maximum absolute atomic E-state index is 12.4. The Hall–Kier alpha value is -2.95. The van der Waals surface area contributed by atoms with E-state index in [9.17, 15) is 14.4 Å². The predicted molar refractivity (Wildman–Crippen MR) is 96.4 cm³/mol. The highest BCUT2D eigenvalue weighted by atomic mass is 16.5. The van der Waals surface area contributed by atoms with E-state index in [4.69, 9.17) is 4.74 Å². The molecule has 0 fully saturated rings. The number of carbonyl (C=O) groups excluding carboxylic acids is 3. The summed E-state index contributed by atoms with van der Waals surface area (Å²) in [5.41, 5.74) is 2.33. The Bertz CT molecular complexity index is 811. The first-order valence-corrected chi connectivity index (χ1v) is 8.00. The van der Waals surface area contributed by atoms with Crippen LogP contribution in [0.25, 0.3) is 0 Å². The zero-order valence-electron chi connectivity index (χ0n) is 14.6. The smallest absolute Gasteiger partial charge is 0.224 e. The van der Waals surface area contributed by atoms with Crippen LogP contribution < -0.4 is 10.1 Å². The van der Waals surface area contributed by atoms with Crippen molar-refractivity contribution in [3.8, 4) is 5.75 Å². The lowest BCUT2D eigenvalue weighted by atomic mass is 10.0. The molecule has 0 aromatic heterocycles. The summed E-state index contributed by atoms with van der Waals surface area (Å²) in [7, 11) is 1.51. The Morgan fingerprint density at radius 3 is 2.40 bits per heavy atom. The summed E-state index contributed by atoms with van der Waals surface area (Å²) in [6, 6.07) is 12.2. The molecule has 5 heteroatoms. The van der Waals surface area contributed by atoms with Crippen molar-refractivity contribution < 1.29 is 19.1 Å². The zero-order valence-corrected chi connectivity index (χ0v) is 14.6. The Morgan fingerprint density at radius 1 is 1.00 bits per heavy atom. The average molecular weight is 339 g/mol. The van der Waals surface area contributed by atoms with Gasteiger partial charge in [-0.2, -0.15) is 0 Å². The van der Waals surface area contributed by atoms with E-state index in [2.05, 4.69) is 5.32 Å². The van der Waals surface area contributed by atoms with Crippen LogP contribution in [0.3, 0.4) is 0 Å². The van der Waals surface area contributed by atoms with Gasteiger partial charge in [0.1, 0.15) is 5.75 Å². The maximum atomic E-state index is 12.4. The van der Waals surface area contributed by atoms with Gasteiger partial charge in [0.2, 0.25) is 5.91 Å². The normalized spacial score (nSPS) is 10.2. The maximum Gasteiger partial charge on any atom is 0.224 e. The van der Waals surface area contributed by atoms with Crippen LogP contribution in [0, 0.1) is 6.92 Å². The van der Waals surface area contributed by atoms with Crippen molar-refractivity contribution in [1.29, 1.82) is 0 Å². The van der Waals surface area contributed by atoms with Gasteiger partial charge in [0.15, 0.2) is 11.6 Å². The molecular formula is C20H21NO4. The Kier molecular flexibility index (Phi) is 6.06. The summed E-state index contributed by atoms with van der Waals surface area (Å²) in [6.45, 7) is 3.33. The van der Waals surface area contributed by atoms with Crippen LogP contribution >= 0.6 is 0 Å². The highest BCUT2D eigenvalue weighted by Crippen LogP contribution is 2.22. The molecule has 2 aromatic carbocycles. The Labute approximate surface area is 147 Å². The fourth-order valence-electron chi connectivity index (χ4n) is 2.51. The minimum Gasteiger partial charge on any atom is -0.496 e. The molecule has 0 saturated heterocycles. The molecule has 0 heterocycles. The second kappa shape index (κ2) is 8.24. The molecule has 0 bridgehead atoms. The van der Waals surface area contributed by atoms with Crippen LogP contribution in [-0.2, 0) is 4.79 Å². The number of benzene rings is 2. The first-order chi connectivity index (χ1) is 11.9. The molecule has 0 saturated carbocycles. The minimum absolute atomic E-state index is 0.0299. The molecule has 0 aliphatic rings. The third kappa shape index (κ3) is 4.76. The highest BCUT2D eigenvalue weighted by molar-refractivity contribution is 6.05. The summed E-state index contributed by atoms with van der Waals surface area (Å²) in [6.07, 6.45) is 0.0933. The van der Waals surface area contributed by atoms with E-state index in [0.29, 0.717) is 22.6 Å². The lowest BCUT2D eigenvalue weighted by molar-refractivity contribution is -0.116. The predicted octanol–water partition coefficient (Wildman–Crippen LogP) is 3.81. The average Bonchev–Trinajstić information content (AvgIpc) is 2.60. The van der Waals surface area contributed by atoms with Gasteiger partial charge in [0.05, 0.1) is 18.4 Å². The molecule has 1 amide bonds. The Balaban J connectivity index is 2.02. The van der Waals surface area contributed by atoms with Gasteiger partial charge >= 0.3 is 0 Å². The molecule has 2 aromatic rings. The largest absolute Gasteiger partial charge is 0.496 e. The van der Waals surface area contributed by atoms with Crippen LogP contribution in [0.1, 0.15) is 46.0 Å². The van der Waals surface area contributed by atoms with Crippen molar-refractivity contribution in [2.75, 3.05) is 12.4 Å². The third-order valence-corrected chi connectivity index (χ3v) is 3.81. The minimum atomic E-state index is -0.311. The van der Waals surface area contributed by atoms with Crippen LogP contribution in [0.2, 0.25) is 0 Å². The number of rotatable bonds is 7. The van der Waals surface area contributed by atoms with Gasteiger partial charge in [-0.05, 0) is 38.1 Å². The zero-order chi connectivity index (χ0) is 18.4. The highest BCUT2D eigenvalue weighted by Gasteiger charge is 2.15. The first kappa shape index (κ1) is 18.4. The van der Waals surface area contributed by atoms with E-state index >= 15 is 0 Å². The summed E-state index contributed by atoms with van der Waals surface area (Å²) in [4.78, 5) is 36.1. The first-order valence-electron chi connectivity index (χ1n) is 8.00. The number of aryl methyl sites for hydroxylation is 1. The van der Waals surface area contributed by atoms with E-state index < -0.39 is 0 Å². The number of nitrogens with one attached hydrogen (secondary N) is 1. The van der Waals surface area contributed by atoms with Crippen molar-refractivity contribution in [3.05, 3.63) is 59.2 Å². The van der Waals surface area contributed by atoms with Gasteiger partial charge in [-0.3, -0.25) is 14.4 Å². The van der Waals surface area contributed by atoms with Crippen LogP contribution in [0.4, 0.5) is 5.69 Å². The van der Waals surface area contributed by atoms with E-state index in [-0.39, 0.29) is 30.3 Å². The van der Waals surface area contributed by atoms with Crippen molar-refractivity contribution in [2.24, 2.45) is 0 Å². The molecule has 2 rings (SSSR count). The van der Waals surface area contributed by atoms with Gasteiger partial charge in [-0.25, -0.2) is 0 Å². The van der Waals surface area contributed by atoms with Crippen LogP contribution in [0.5, 0.6) is 5.75 Å². The molecular weight excluding hydrogens is 318 g/mol. The molecule has 5 nitrogen and oxygen atoms in total. The molecule has 0 aliphatic heterocycles. The third-order valence-electron chi connectivity index (χ3n) is 3.81. The number of ketones is 2. The van der Waals surface area contributed by atoms with Crippen LogP contribution in [0.15, 0.2) is 42.5 Å².